The molecule has 0 saturated heterocycles. The Balaban J connectivity index is 3.89. The molecule has 0 fully saturated rings. The quantitative estimate of drug-likeness (QED) is 0.671. The molecule has 0 aromatic rings. The first-order valence-corrected chi connectivity index (χ1v) is 5.38. The van der Waals surface area contributed by atoms with Crippen molar-refractivity contribution in [3.05, 3.63) is 0 Å². The Kier molecular flexibility index (Phi) is 6.35. The van der Waals surface area contributed by atoms with Gasteiger partial charge in [-0.2, -0.15) is 0 Å². The van der Waals surface area contributed by atoms with Crippen LogP contribution in [0.2, 0.25) is 0 Å². The van der Waals surface area contributed by atoms with Crippen molar-refractivity contribution in [1.82, 2.24) is 0 Å². The average molecular weight is 188 g/mol. The van der Waals surface area contributed by atoms with Crippen molar-refractivity contribution >= 4 is 0 Å². The van der Waals surface area contributed by atoms with Gasteiger partial charge in [0.25, 0.3) is 0 Å². The molecule has 13 heavy (non-hydrogen) atoms. The Morgan fingerprint density at radius 3 is 1.77 bits per heavy atom. The highest BCUT2D eigenvalue weighted by Gasteiger charge is 2.21. The van der Waals surface area contributed by atoms with E-state index in [4.69, 9.17) is 0 Å². The number of hydrogen-bond donors (Lipinski definition) is 2. The van der Waals surface area contributed by atoms with Crippen LogP contribution in [0.4, 0.5) is 0 Å². The van der Waals surface area contributed by atoms with E-state index in [1.807, 2.05) is 13.8 Å². The van der Waals surface area contributed by atoms with E-state index in [1.165, 1.54) is 0 Å². The van der Waals surface area contributed by atoms with Crippen LogP contribution in [0.1, 0.15) is 47.0 Å². The molecule has 0 heterocycles. The van der Waals surface area contributed by atoms with Crippen molar-refractivity contribution in [3.63, 3.8) is 0 Å². The largest absolute Gasteiger partial charge is 0.390 e. The minimum absolute atomic E-state index is 0.143. The Bertz CT molecular complexity index is 119. The van der Waals surface area contributed by atoms with Crippen molar-refractivity contribution in [2.75, 3.05) is 0 Å². The summed E-state index contributed by atoms with van der Waals surface area (Å²) in [5, 5.41) is 19.3. The van der Waals surface area contributed by atoms with Crippen LogP contribution >= 0.6 is 0 Å². The summed E-state index contributed by atoms with van der Waals surface area (Å²) in [7, 11) is 0. The summed E-state index contributed by atoms with van der Waals surface area (Å²) in [6.45, 7) is 8.12. The van der Waals surface area contributed by atoms with Crippen LogP contribution in [0.5, 0.6) is 0 Å². The predicted molar refractivity (Wildman–Crippen MR) is 55.5 cm³/mol. The summed E-state index contributed by atoms with van der Waals surface area (Å²) in [6, 6.07) is 0. The maximum absolute atomic E-state index is 9.67. The van der Waals surface area contributed by atoms with Crippen LogP contribution in [0.25, 0.3) is 0 Å². The summed E-state index contributed by atoms with van der Waals surface area (Å²) in [4.78, 5) is 0. The highest BCUT2D eigenvalue weighted by atomic mass is 16.3. The Hall–Kier alpha value is -0.0800. The minimum Gasteiger partial charge on any atom is -0.390 e. The van der Waals surface area contributed by atoms with Gasteiger partial charge in [0, 0.05) is 0 Å². The molecule has 2 unspecified atom stereocenters. The molecule has 80 valence electrons. The standard InChI is InChI=1S/C11H24O2/c1-5-9(6-2)7-10(12)11(13)8(3)4/h8-13H,5-7H2,1-4H3. The monoisotopic (exact) mass is 188 g/mol. The van der Waals surface area contributed by atoms with Gasteiger partial charge in [0.2, 0.25) is 0 Å². The van der Waals surface area contributed by atoms with Gasteiger partial charge >= 0.3 is 0 Å². The number of aliphatic hydroxyl groups is 2. The zero-order chi connectivity index (χ0) is 10.4. The summed E-state index contributed by atoms with van der Waals surface area (Å²) >= 11 is 0. The smallest absolute Gasteiger partial charge is 0.0822 e. The van der Waals surface area contributed by atoms with E-state index < -0.39 is 12.2 Å². The third-order valence-electron chi connectivity index (χ3n) is 2.81. The highest BCUT2D eigenvalue weighted by molar-refractivity contribution is 4.73. The van der Waals surface area contributed by atoms with Crippen LogP contribution in [0.3, 0.4) is 0 Å². The molecule has 0 radical (unpaired) electrons. The van der Waals surface area contributed by atoms with Crippen molar-refractivity contribution in [1.29, 1.82) is 0 Å². The first-order chi connectivity index (χ1) is 6.02. The average Bonchev–Trinajstić information content (AvgIpc) is 2.12. The van der Waals surface area contributed by atoms with Crippen LogP contribution in [-0.4, -0.2) is 22.4 Å². The second kappa shape index (κ2) is 6.39. The van der Waals surface area contributed by atoms with Crippen molar-refractivity contribution < 1.29 is 10.2 Å². The Labute approximate surface area is 82.0 Å². The highest BCUT2D eigenvalue weighted by Crippen LogP contribution is 2.19. The lowest BCUT2D eigenvalue weighted by Crippen LogP contribution is -2.32. The Morgan fingerprint density at radius 1 is 1.00 bits per heavy atom. The fourth-order valence-electron chi connectivity index (χ4n) is 1.55. The maximum Gasteiger partial charge on any atom is 0.0822 e. The molecule has 2 nitrogen and oxygen atoms in total. The molecule has 0 aliphatic rings. The van der Waals surface area contributed by atoms with Crippen molar-refractivity contribution in [3.8, 4) is 0 Å². The molecule has 0 bridgehead atoms. The summed E-state index contributed by atoms with van der Waals surface area (Å²) in [6.07, 6.45) is 1.77. The van der Waals surface area contributed by atoms with E-state index >= 15 is 0 Å². The molecule has 0 amide bonds. The zero-order valence-electron chi connectivity index (χ0n) is 9.33. The molecule has 0 aromatic heterocycles. The first kappa shape index (κ1) is 12.9. The van der Waals surface area contributed by atoms with Crippen molar-refractivity contribution in [2.24, 2.45) is 11.8 Å². The fourth-order valence-corrected chi connectivity index (χ4v) is 1.55. The number of rotatable bonds is 6. The molecule has 2 atom stereocenters. The topological polar surface area (TPSA) is 40.5 Å². The van der Waals surface area contributed by atoms with E-state index in [1.54, 1.807) is 0 Å². The second-order valence-electron chi connectivity index (χ2n) is 4.22. The summed E-state index contributed by atoms with van der Waals surface area (Å²) < 4.78 is 0. The van der Waals surface area contributed by atoms with E-state index in [9.17, 15) is 10.2 Å². The number of hydrogen-bond acceptors (Lipinski definition) is 2. The van der Waals surface area contributed by atoms with E-state index in [0.717, 1.165) is 19.3 Å². The van der Waals surface area contributed by atoms with Gasteiger partial charge < -0.3 is 10.2 Å². The van der Waals surface area contributed by atoms with E-state index in [0.29, 0.717) is 5.92 Å². The molecule has 2 heteroatoms. The molecule has 0 saturated carbocycles. The Morgan fingerprint density at radius 2 is 1.46 bits per heavy atom. The van der Waals surface area contributed by atoms with Gasteiger partial charge in [-0.05, 0) is 18.3 Å². The van der Waals surface area contributed by atoms with E-state index in [-0.39, 0.29) is 5.92 Å². The van der Waals surface area contributed by atoms with Crippen LogP contribution in [0.15, 0.2) is 0 Å². The van der Waals surface area contributed by atoms with Crippen LogP contribution in [-0.2, 0) is 0 Å². The molecule has 0 aliphatic heterocycles. The number of aliphatic hydroxyl groups excluding tert-OH is 2. The molecule has 0 rings (SSSR count). The van der Waals surface area contributed by atoms with Gasteiger partial charge in [-0.25, -0.2) is 0 Å². The lowest BCUT2D eigenvalue weighted by molar-refractivity contribution is -0.0207. The minimum atomic E-state index is -0.569. The lowest BCUT2D eigenvalue weighted by atomic mass is 9.90. The third-order valence-corrected chi connectivity index (χ3v) is 2.81. The molecule has 0 aromatic carbocycles. The van der Waals surface area contributed by atoms with Gasteiger partial charge in [0.05, 0.1) is 12.2 Å². The second-order valence-corrected chi connectivity index (χ2v) is 4.22. The van der Waals surface area contributed by atoms with Crippen LogP contribution < -0.4 is 0 Å². The summed E-state index contributed by atoms with van der Waals surface area (Å²) in [5.41, 5.74) is 0. The normalized spacial score (nSPS) is 16.6. The van der Waals surface area contributed by atoms with E-state index in [2.05, 4.69) is 13.8 Å². The van der Waals surface area contributed by atoms with Gasteiger partial charge in [0.15, 0.2) is 0 Å². The van der Waals surface area contributed by atoms with Gasteiger partial charge in [-0.1, -0.05) is 40.5 Å². The van der Waals surface area contributed by atoms with Gasteiger partial charge in [-0.3, -0.25) is 0 Å². The molecule has 2 N–H and O–H groups in total. The molecular formula is C11H24O2. The predicted octanol–water partition coefficient (Wildman–Crippen LogP) is 2.19. The maximum atomic E-state index is 9.67. The lowest BCUT2D eigenvalue weighted by Gasteiger charge is -2.24. The summed E-state index contributed by atoms with van der Waals surface area (Å²) in [5.74, 6) is 0.688. The third kappa shape index (κ3) is 4.63. The molecular weight excluding hydrogens is 164 g/mol. The molecule has 0 aliphatic carbocycles. The first-order valence-electron chi connectivity index (χ1n) is 5.38. The fraction of sp³-hybridized carbons (Fsp3) is 1.00. The van der Waals surface area contributed by atoms with Crippen molar-refractivity contribution in [2.45, 2.75) is 59.2 Å². The molecule has 0 spiro atoms. The van der Waals surface area contributed by atoms with Gasteiger partial charge in [0.1, 0.15) is 0 Å². The SMILES string of the molecule is CCC(CC)CC(O)C(O)C(C)C. The van der Waals surface area contributed by atoms with Gasteiger partial charge in [-0.15, -0.1) is 0 Å². The zero-order valence-corrected chi connectivity index (χ0v) is 9.33. The van der Waals surface area contributed by atoms with Crippen LogP contribution in [0, 0.1) is 11.8 Å².